The fourth-order valence-corrected chi connectivity index (χ4v) is 3.25. The van der Waals surface area contributed by atoms with E-state index in [0.29, 0.717) is 18.5 Å². The molecule has 2 rings (SSSR count). The quantitative estimate of drug-likeness (QED) is 0.870. The van der Waals surface area contributed by atoms with Gasteiger partial charge in [0, 0.05) is 34.9 Å². The number of carbonyl (C=O) groups is 1. The zero-order chi connectivity index (χ0) is 12.4. The topological polar surface area (TPSA) is 32.3 Å². The molecule has 1 fully saturated rings. The van der Waals surface area contributed by atoms with E-state index >= 15 is 0 Å². The van der Waals surface area contributed by atoms with Crippen LogP contribution in [0.15, 0.2) is 12.1 Å². The molecule has 0 saturated carbocycles. The number of hydrogen-bond donors (Lipinski definition) is 1. The van der Waals surface area contributed by atoms with E-state index in [-0.39, 0.29) is 5.91 Å². The summed E-state index contributed by atoms with van der Waals surface area (Å²) in [5.41, 5.74) is 0. The number of nitrogens with one attached hydrogen (secondary N) is 1. The van der Waals surface area contributed by atoms with Gasteiger partial charge in [-0.05, 0) is 32.9 Å². The standard InChI is InChI=1S/C13H20N2OS/c1-9-7-15(8-10(2)14-9)13(16)6-12-5-4-11(3)17-12/h4-5,9-10,14H,6-8H2,1-3H3/t9-,10-/m1/s1. The van der Waals surface area contributed by atoms with Crippen LogP contribution in [-0.2, 0) is 11.2 Å². The van der Waals surface area contributed by atoms with E-state index in [2.05, 4.69) is 38.2 Å². The summed E-state index contributed by atoms with van der Waals surface area (Å²) in [6.07, 6.45) is 0.554. The van der Waals surface area contributed by atoms with Crippen molar-refractivity contribution in [2.45, 2.75) is 39.3 Å². The zero-order valence-corrected chi connectivity index (χ0v) is 11.5. The first kappa shape index (κ1) is 12.6. The highest BCUT2D eigenvalue weighted by molar-refractivity contribution is 7.12. The van der Waals surface area contributed by atoms with Gasteiger partial charge in [0.05, 0.1) is 6.42 Å². The number of rotatable bonds is 2. The van der Waals surface area contributed by atoms with Crippen LogP contribution < -0.4 is 5.32 Å². The molecule has 4 heteroatoms. The summed E-state index contributed by atoms with van der Waals surface area (Å²) < 4.78 is 0. The summed E-state index contributed by atoms with van der Waals surface area (Å²) in [7, 11) is 0. The smallest absolute Gasteiger partial charge is 0.227 e. The molecule has 0 aromatic carbocycles. The fraction of sp³-hybridized carbons (Fsp3) is 0.615. The largest absolute Gasteiger partial charge is 0.339 e. The maximum Gasteiger partial charge on any atom is 0.227 e. The molecule has 1 aromatic heterocycles. The highest BCUT2D eigenvalue weighted by Gasteiger charge is 2.24. The third kappa shape index (κ3) is 3.30. The lowest BCUT2D eigenvalue weighted by molar-refractivity contribution is -0.132. The molecule has 0 spiro atoms. The number of aryl methyl sites for hydroxylation is 1. The summed E-state index contributed by atoms with van der Waals surface area (Å²) in [5.74, 6) is 0.257. The van der Waals surface area contributed by atoms with Gasteiger partial charge in [0.2, 0.25) is 5.91 Å². The van der Waals surface area contributed by atoms with Gasteiger partial charge in [-0.15, -0.1) is 11.3 Å². The van der Waals surface area contributed by atoms with Gasteiger partial charge in [-0.2, -0.15) is 0 Å². The lowest BCUT2D eigenvalue weighted by Crippen LogP contribution is -2.56. The molecular formula is C13H20N2OS. The van der Waals surface area contributed by atoms with E-state index in [1.54, 1.807) is 11.3 Å². The Labute approximate surface area is 107 Å². The van der Waals surface area contributed by atoms with Crippen LogP contribution in [0.4, 0.5) is 0 Å². The predicted octanol–water partition coefficient (Wildman–Crippen LogP) is 1.81. The van der Waals surface area contributed by atoms with E-state index in [1.165, 1.54) is 9.75 Å². The first-order chi connectivity index (χ1) is 8.04. The van der Waals surface area contributed by atoms with Crippen molar-refractivity contribution in [2.24, 2.45) is 0 Å². The van der Waals surface area contributed by atoms with Crippen molar-refractivity contribution in [3.8, 4) is 0 Å². The van der Waals surface area contributed by atoms with Crippen LogP contribution in [0.2, 0.25) is 0 Å². The number of thiophene rings is 1. The van der Waals surface area contributed by atoms with Crippen molar-refractivity contribution in [2.75, 3.05) is 13.1 Å². The Morgan fingerprint density at radius 1 is 1.41 bits per heavy atom. The molecule has 3 nitrogen and oxygen atoms in total. The normalized spacial score (nSPS) is 25.0. The highest BCUT2D eigenvalue weighted by atomic mass is 32.1. The number of hydrogen-bond acceptors (Lipinski definition) is 3. The second-order valence-corrected chi connectivity index (χ2v) is 6.33. The number of amides is 1. The van der Waals surface area contributed by atoms with Gasteiger partial charge < -0.3 is 10.2 Å². The fourth-order valence-electron chi connectivity index (χ4n) is 2.37. The van der Waals surface area contributed by atoms with Crippen molar-refractivity contribution in [3.05, 3.63) is 21.9 Å². The average molecular weight is 252 g/mol. The maximum atomic E-state index is 12.2. The van der Waals surface area contributed by atoms with Crippen LogP contribution in [0, 0.1) is 6.92 Å². The van der Waals surface area contributed by atoms with Crippen LogP contribution in [0.25, 0.3) is 0 Å². The van der Waals surface area contributed by atoms with Crippen LogP contribution in [0.3, 0.4) is 0 Å². The second kappa shape index (κ2) is 5.19. The van der Waals surface area contributed by atoms with E-state index in [1.807, 2.05) is 4.90 Å². The van der Waals surface area contributed by atoms with Gasteiger partial charge in [-0.3, -0.25) is 4.79 Å². The molecule has 1 N–H and O–H groups in total. The van der Waals surface area contributed by atoms with Crippen molar-refractivity contribution in [1.29, 1.82) is 0 Å². The molecule has 1 aromatic rings. The summed E-state index contributed by atoms with van der Waals surface area (Å²) >= 11 is 1.72. The molecule has 0 aliphatic carbocycles. The molecule has 1 saturated heterocycles. The minimum atomic E-state index is 0.257. The van der Waals surface area contributed by atoms with Gasteiger partial charge in [-0.25, -0.2) is 0 Å². The molecular weight excluding hydrogens is 232 g/mol. The minimum Gasteiger partial charge on any atom is -0.339 e. The molecule has 1 aliphatic rings. The van der Waals surface area contributed by atoms with Gasteiger partial charge in [0.25, 0.3) is 0 Å². The van der Waals surface area contributed by atoms with Crippen molar-refractivity contribution in [1.82, 2.24) is 10.2 Å². The van der Waals surface area contributed by atoms with E-state index in [9.17, 15) is 4.79 Å². The number of nitrogens with zero attached hydrogens (tertiary/aromatic N) is 1. The van der Waals surface area contributed by atoms with Gasteiger partial charge in [0.15, 0.2) is 0 Å². The Morgan fingerprint density at radius 2 is 2.06 bits per heavy atom. The molecule has 2 heterocycles. The van der Waals surface area contributed by atoms with Crippen molar-refractivity contribution < 1.29 is 4.79 Å². The SMILES string of the molecule is Cc1ccc(CC(=O)N2C[C@@H](C)N[C@H](C)C2)s1. The van der Waals surface area contributed by atoms with Gasteiger partial charge in [-0.1, -0.05) is 0 Å². The Kier molecular flexibility index (Phi) is 3.84. The first-order valence-corrected chi connectivity index (χ1v) is 6.95. The van der Waals surface area contributed by atoms with Crippen LogP contribution in [0.5, 0.6) is 0 Å². The zero-order valence-electron chi connectivity index (χ0n) is 10.7. The summed E-state index contributed by atoms with van der Waals surface area (Å²) in [6, 6.07) is 4.93. The molecule has 2 atom stereocenters. The third-order valence-corrected chi connectivity index (χ3v) is 4.03. The molecule has 0 radical (unpaired) electrons. The Hall–Kier alpha value is -0.870. The van der Waals surface area contributed by atoms with Gasteiger partial charge >= 0.3 is 0 Å². The van der Waals surface area contributed by atoms with E-state index in [0.717, 1.165) is 13.1 Å². The molecule has 0 bridgehead atoms. The van der Waals surface area contributed by atoms with Crippen LogP contribution in [-0.4, -0.2) is 36.0 Å². The number of piperazine rings is 1. The molecule has 94 valence electrons. The number of carbonyl (C=O) groups excluding carboxylic acids is 1. The summed E-state index contributed by atoms with van der Waals surface area (Å²) in [4.78, 5) is 16.6. The van der Waals surface area contributed by atoms with Crippen molar-refractivity contribution >= 4 is 17.2 Å². The first-order valence-electron chi connectivity index (χ1n) is 6.13. The van der Waals surface area contributed by atoms with E-state index in [4.69, 9.17) is 0 Å². The summed E-state index contributed by atoms with van der Waals surface area (Å²) in [6.45, 7) is 7.99. The predicted molar refractivity (Wildman–Crippen MR) is 71.4 cm³/mol. The maximum absolute atomic E-state index is 12.2. The Bertz CT molecular complexity index is 392. The molecule has 17 heavy (non-hydrogen) atoms. The highest BCUT2D eigenvalue weighted by Crippen LogP contribution is 2.17. The minimum absolute atomic E-state index is 0.257. The molecule has 0 unspecified atom stereocenters. The molecule has 1 aliphatic heterocycles. The second-order valence-electron chi connectivity index (χ2n) is 4.96. The lowest BCUT2D eigenvalue weighted by atomic mass is 10.1. The molecule has 1 amide bonds. The van der Waals surface area contributed by atoms with Crippen molar-refractivity contribution in [3.63, 3.8) is 0 Å². The lowest BCUT2D eigenvalue weighted by Gasteiger charge is -2.36. The van der Waals surface area contributed by atoms with Gasteiger partial charge in [0.1, 0.15) is 0 Å². The third-order valence-electron chi connectivity index (χ3n) is 3.03. The Morgan fingerprint density at radius 3 is 2.59 bits per heavy atom. The average Bonchev–Trinajstić information content (AvgIpc) is 2.62. The summed E-state index contributed by atoms with van der Waals surface area (Å²) in [5, 5.41) is 3.44. The van der Waals surface area contributed by atoms with E-state index < -0.39 is 0 Å². The monoisotopic (exact) mass is 252 g/mol. The van der Waals surface area contributed by atoms with Crippen LogP contribution >= 0.6 is 11.3 Å². The van der Waals surface area contributed by atoms with Crippen LogP contribution in [0.1, 0.15) is 23.6 Å². The Balaban J connectivity index is 1.95.